The van der Waals surface area contributed by atoms with Crippen LogP contribution in [0.25, 0.3) is 0 Å². The molecule has 0 aromatic heterocycles. The predicted octanol–water partition coefficient (Wildman–Crippen LogP) is 4.44. The van der Waals surface area contributed by atoms with Gasteiger partial charge in [0.25, 0.3) is 0 Å². The van der Waals surface area contributed by atoms with Crippen molar-refractivity contribution in [3.8, 4) is 0 Å². The lowest BCUT2D eigenvalue weighted by atomic mass is 9.99. The van der Waals surface area contributed by atoms with Crippen LogP contribution in [0.15, 0.2) is 54.6 Å². The number of hydrogen-bond acceptors (Lipinski definition) is 2. The van der Waals surface area contributed by atoms with Crippen molar-refractivity contribution in [1.82, 2.24) is 5.32 Å². The molecule has 122 valence electrons. The first kappa shape index (κ1) is 20.9. The molecule has 2 nitrogen and oxygen atoms in total. The third kappa shape index (κ3) is 5.98. The summed E-state index contributed by atoms with van der Waals surface area (Å²) in [6.07, 6.45) is 0. The maximum atomic E-state index is 5.90. The van der Waals surface area contributed by atoms with E-state index in [9.17, 15) is 0 Å². The Hall–Kier alpha value is -1.06. The maximum Gasteiger partial charge on any atom is 0.0447 e. The second-order valence-electron chi connectivity index (χ2n) is 5.48. The predicted molar refractivity (Wildman–Crippen MR) is 100 cm³/mol. The van der Waals surface area contributed by atoms with E-state index >= 15 is 0 Å². The van der Waals surface area contributed by atoms with Crippen molar-refractivity contribution < 1.29 is 0 Å². The zero-order valence-electron chi connectivity index (χ0n) is 13.2. The Morgan fingerprint density at radius 1 is 0.864 bits per heavy atom. The molecule has 3 N–H and O–H groups in total. The summed E-state index contributed by atoms with van der Waals surface area (Å²) in [6, 6.07) is 19.4. The van der Waals surface area contributed by atoms with Crippen LogP contribution in [0.1, 0.15) is 42.5 Å². The normalized spacial score (nSPS) is 11.5. The Morgan fingerprint density at radius 2 is 1.41 bits per heavy atom. The van der Waals surface area contributed by atoms with Gasteiger partial charge in [-0.2, -0.15) is 0 Å². The number of benzene rings is 2. The van der Waals surface area contributed by atoms with E-state index in [4.69, 9.17) is 5.73 Å². The molecule has 1 unspecified atom stereocenters. The van der Waals surface area contributed by atoms with E-state index in [2.05, 4.69) is 67.7 Å². The lowest BCUT2D eigenvalue weighted by molar-refractivity contribution is 0.541. The zero-order chi connectivity index (χ0) is 14.4. The summed E-state index contributed by atoms with van der Waals surface area (Å²) in [5.41, 5.74) is 9.81. The van der Waals surface area contributed by atoms with E-state index < -0.39 is 0 Å². The highest BCUT2D eigenvalue weighted by Gasteiger charge is 2.09. The topological polar surface area (TPSA) is 38.0 Å². The summed E-state index contributed by atoms with van der Waals surface area (Å²) in [5.74, 6) is 0.567. The average Bonchev–Trinajstić information content (AvgIpc) is 2.49. The molecule has 0 radical (unpaired) electrons. The van der Waals surface area contributed by atoms with Gasteiger partial charge in [-0.15, -0.1) is 24.8 Å². The van der Waals surface area contributed by atoms with Crippen LogP contribution in [-0.4, -0.2) is 6.54 Å². The average molecular weight is 341 g/mol. The van der Waals surface area contributed by atoms with Gasteiger partial charge in [0.1, 0.15) is 0 Å². The highest BCUT2D eigenvalue weighted by atomic mass is 35.5. The molecule has 0 bridgehead atoms. The van der Waals surface area contributed by atoms with Gasteiger partial charge in [0.2, 0.25) is 0 Å². The molecule has 0 saturated heterocycles. The number of nitrogens with one attached hydrogen (secondary N) is 1. The summed E-state index contributed by atoms with van der Waals surface area (Å²) in [5, 5.41) is 3.53. The molecule has 1 atom stereocenters. The number of hydrogen-bond donors (Lipinski definition) is 2. The monoisotopic (exact) mass is 340 g/mol. The van der Waals surface area contributed by atoms with Crippen molar-refractivity contribution in [3.63, 3.8) is 0 Å². The molecule has 0 aliphatic heterocycles. The van der Waals surface area contributed by atoms with E-state index in [0.717, 1.165) is 6.54 Å². The Labute approximate surface area is 146 Å². The van der Waals surface area contributed by atoms with Gasteiger partial charge in [-0.1, -0.05) is 68.4 Å². The first-order chi connectivity index (χ1) is 9.70. The van der Waals surface area contributed by atoms with Crippen LogP contribution in [0.4, 0.5) is 0 Å². The number of halogens is 2. The second-order valence-corrected chi connectivity index (χ2v) is 5.48. The first-order valence-electron chi connectivity index (χ1n) is 7.28. The highest BCUT2D eigenvalue weighted by molar-refractivity contribution is 5.85. The minimum atomic E-state index is 0. The van der Waals surface area contributed by atoms with Crippen molar-refractivity contribution in [1.29, 1.82) is 0 Å². The Balaban J connectivity index is 0.00000220. The van der Waals surface area contributed by atoms with Gasteiger partial charge in [0, 0.05) is 19.1 Å². The highest BCUT2D eigenvalue weighted by Crippen LogP contribution is 2.18. The molecule has 0 aliphatic carbocycles. The molecule has 2 aromatic carbocycles. The van der Waals surface area contributed by atoms with Crippen LogP contribution < -0.4 is 11.1 Å². The molecule has 0 heterocycles. The van der Waals surface area contributed by atoms with E-state index in [0.29, 0.717) is 12.5 Å². The van der Waals surface area contributed by atoms with Gasteiger partial charge in [0.15, 0.2) is 0 Å². The summed E-state index contributed by atoms with van der Waals surface area (Å²) in [7, 11) is 0. The number of nitrogens with two attached hydrogens (primary N) is 1. The largest absolute Gasteiger partial charge is 0.329 e. The van der Waals surface area contributed by atoms with Gasteiger partial charge in [0.05, 0.1) is 0 Å². The van der Waals surface area contributed by atoms with Gasteiger partial charge in [-0.05, 0) is 22.6 Å². The molecule has 0 aliphatic rings. The molecule has 0 spiro atoms. The summed E-state index contributed by atoms with van der Waals surface area (Å²) in [4.78, 5) is 0. The molecule has 0 saturated carbocycles. The molecular formula is C18H26Cl2N2. The lowest BCUT2D eigenvalue weighted by Gasteiger charge is -2.18. The Kier molecular flexibility index (Phi) is 10.1. The SMILES string of the molecule is CC(C)c1ccc(C(CN)NCc2ccccc2)cc1.Cl.Cl. The van der Waals surface area contributed by atoms with Crippen molar-refractivity contribution in [2.75, 3.05) is 6.54 Å². The van der Waals surface area contributed by atoms with Gasteiger partial charge >= 0.3 is 0 Å². The third-order valence-corrected chi connectivity index (χ3v) is 3.64. The van der Waals surface area contributed by atoms with Gasteiger partial charge < -0.3 is 11.1 Å². The van der Waals surface area contributed by atoms with Crippen LogP contribution in [0, 0.1) is 0 Å². The minimum absolute atomic E-state index is 0. The first-order valence-corrected chi connectivity index (χ1v) is 7.28. The molecule has 0 amide bonds. The third-order valence-electron chi connectivity index (χ3n) is 3.64. The standard InChI is InChI=1S/C18H24N2.2ClH/c1-14(2)16-8-10-17(11-9-16)18(12-19)20-13-15-6-4-3-5-7-15;;/h3-11,14,18,20H,12-13,19H2,1-2H3;2*1H. The van der Waals surface area contributed by atoms with Gasteiger partial charge in [-0.3, -0.25) is 0 Å². The molecule has 4 heteroatoms. The number of rotatable bonds is 6. The molecule has 2 rings (SSSR count). The second kappa shape index (κ2) is 10.6. The Bertz CT molecular complexity index is 512. The van der Waals surface area contributed by atoms with Crippen LogP contribution >= 0.6 is 24.8 Å². The van der Waals surface area contributed by atoms with E-state index in [1.54, 1.807) is 0 Å². The lowest BCUT2D eigenvalue weighted by Crippen LogP contribution is -2.27. The van der Waals surface area contributed by atoms with Crippen LogP contribution in [-0.2, 0) is 6.54 Å². The van der Waals surface area contributed by atoms with Crippen LogP contribution in [0.3, 0.4) is 0 Å². The van der Waals surface area contributed by atoms with Crippen molar-refractivity contribution in [2.45, 2.75) is 32.4 Å². The Morgan fingerprint density at radius 3 is 1.91 bits per heavy atom. The van der Waals surface area contributed by atoms with Crippen molar-refractivity contribution >= 4 is 24.8 Å². The minimum Gasteiger partial charge on any atom is -0.329 e. The summed E-state index contributed by atoms with van der Waals surface area (Å²) >= 11 is 0. The van der Waals surface area contributed by atoms with E-state index in [1.165, 1.54) is 16.7 Å². The zero-order valence-corrected chi connectivity index (χ0v) is 14.8. The van der Waals surface area contributed by atoms with Gasteiger partial charge in [-0.25, -0.2) is 0 Å². The van der Waals surface area contributed by atoms with E-state index in [-0.39, 0.29) is 30.9 Å². The fourth-order valence-electron chi connectivity index (χ4n) is 2.29. The smallest absolute Gasteiger partial charge is 0.0447 e. The summed E-state index contributed by atoms with van der Waals surface area (Å²) in [6.45, 7) is 5.87. The van der Waals surface area contributed by atoms with Crippen LogP contribution in [0.5, 0.6) is 0 Å². The molecular weight excluding hydrogens is 315 g/mol. The van der Waals surface area contributed by atoms with Crippen molar-refractivity contribution in [2.24, 2.45) is 5.73 Å². The van der Waals surface area contributed by atoms with Crippen molar-refractivity contribution in [3.05, 3.63) is 71.3 Å². The maximum absolute atomic E-state index is 5.90. The quantitative estimate of drug-likeness (QED) is 0.815. The fraction of sp³-hybridized carbons (Fsp3) is 0.333. The molecule has 22 heavy (non-hydrogen) atoms. The molecule has 0 fully saturated rings. The fourth-order valence-corrected chi connectivity index (χ4v) is 2.29. The summed E-state index contributed by atoms with van der Waals surface area (Å²) < 4.78 is 0. The van der Waals surface area contributed by atoms with Crippen LogP contribution in [0.2, 0.25) is 0 Å². The van der Waals surface area contributed by atoms with E-state index in [1.807, 2.05) is 6.07 Å². The molecule has 2 aromatic rings.